The van der Waals surface area contributed by atoms with Crippen molar-refractivity contribution in [1.29, 1.82) is 0 Å². The molecular formula is C15H27N3O3. The van der Waals surface area contributed by atoms with Crippen LogP contribution < -0.4 is 5.73 Å². The van der Waals surface area contributed by atoms with Gasteiger partial charge in [0.2, 0.25) is 5.91 Å². The van der Waals surface area contributed by atoms with Crippen molar-refractivity contribution in [3.8, 4) is 0 Å². The second kappa shape index (κ2) is 7.64. The van der Waals surface area contributed by atoms with Gasteiger partial charge >= 0.3 is 6.09 Å². The van der Waals surface area contributed by atoms with Crippen LogP contribution in [0.4, 0.5) is 4.79 Å². The summed E-state index contributed by atoms with van der Waals surface area (Å²) in [6.45, 7) is 4.45. The van der Waals surface area contributed by atoms with E-state index in [9.17, 15) is 9.59 Å². The lowest BCUT2D eigenvalue weighted by molar-refractivity contribution is -0.138. The van der Waals surface area contributed by atoms with Gasteiger partial charge in [0.25, 0.3) is 0 Å². The van der Waals surface area contributed by atoms with Crippen LogP contribution in [0.1, 0.15) is 39.0 Å². The molecule has 0 spiro atoms. The van der Waals surface area contributed by atoms with Gasteiger partial charge in [-0.3, -0.25) is 4.79 Å². The zero-order valence-electron chi connectivity index (χ0n) is 12.9. The molecular weight excluding hydrogens is 270 g/mol. The van der Waals surface area contributed by atoms with Crippen molar-refractivity contribution >= 4 is 12.0 Å². The number of carbonyl (C=O) groups excluding carboxylic acids is 2. The number of piperazine rings is 1. The number of ether oxygens (including phenoxy) is 1. The van der Waals surface area contributed by atoms with Crippen molar-refractivity contribution in [2.75, 3.05) is 32.8 Å². The first-order valence-corrected chi connectivity index (χ1v) is 8.09. The Hall–Kier alpha value is -1.30. The van der Waals surface area contributed by atoms with E-state index >= 15 is 0 Å². The number of hydrogen-bond acceptors (Lipinski definition) is 4. The van der Waals surface area contributed by atoms with E-state index in [2.05, 4.69) is 0 Å². The summed E-state index contributed by atoms with van der Waals surface area (Å²) in [6.07, 6.45) is 4.95. The van der Waals surface area contributed by atoms with Crippen molar-refractivity contribution < 1.29 is 14.3 Å². The van der Waals surface area contributed by atoms with Crippen LogP contribution in [0.3, 0.4) is 0 Å². The quantitative estimate of drug-likeness (QED) is 0.777. The Morgan fingerprint density at radius 3 is 2.33 bits per heavy atom. The molecule has 21 heavy (non-hydrogen) atoms. The summed E-state index contributed by atoms with van der Waals surface area (Å²) >= 11 is 0. The van der Waals surface area contributed by atoms with Crippen LogP contribution in [0.2, 0.25) is 0 Å². The van der Waals surface area contributed by atoms with E-state index in [1.165, 1.54) is 6.42 Å². The highest BCUT2D eigenvalue weighted by Crippen LogP contribution is 2.24. The molecule has 0 radical (unpaired) electrons. The number of carbonyl (C=O) groups is 2. The van der Waals surface area contributed by atoms with Gasteiger partial charge in [0.05, 0.1) is 12.5 Å². The molecule has 1 saturated heterocycles. The highest BCUT2D eigenvalue weighted by atomic mass is 16.6. The van der Waals surface area contributed by atoms with E-state index in [-0.39, 0.29) is 24.0 Å². The van der Waals surface area contributed by atoms with Crippen LogP contribution in [-0.4, -0.2) is 60.6 Å². The molecule has 2 unspecified atom stereocenters. The highest BCUT2D eigenvalue weighted by molar-refractivity contribution is 5.80. The summed E-state index contributed by atoms with van der Waals surface area (Å²) in [5, 5.41) is 0. The van der Waals surface area contributed by atoms with Gasteiger partial charge in [0.1, 0.15) is 0 Å². The van der Waals surface area contributed by atoms with Gasteiger partial charge in [0.15, 0.2) is 0 Å². The summed E-state index contributed by atoms with van der Waals surface area (Å²) in [4.78, 5) is 27.8. The number of nitrogens with zero attached hydrogens (tertiary/aromatic N) is 2. The summed E-state index contributed by atoms with van der Waals surface area (Å²) in [5.41, 5.74) is 6.17. The van der Waals surface area contributed by atoms with Gasteiger partial charge in [-0.2, -0.15) is 0 Å². The molecule has 0 aromatic rings. The molecule has 2 amide bonds. The van der Waals surface area contributed by atoms with Crippen molar-refractivity contribution in [1.82, 2.24) is 9.80 Å². The third-order valence-electron chi connectivity index (χ3n) is 4.50. The Balaban J connectivity index is 1.86. The lowest BCUT2D eigenvalue weighted by atomic mass is 9.93. The van der Waals surface area contributed by atoms with E-state index in [0.717, 1.165) is 25.7 Å². The predicted molar refractivity (Wildman–Crippen MR) is 79.7 cm³/mol. The lowest BCUT2D eigenvalue weighted by Crippen LogP contribution is -2.53. The average Bonchev–Trinajstić information content (AvgIpc) is 2.71. The predicted octanol–water partition coefficient (Wildman–Crippen LogP) is 1.19. The van der Waals surface area contributed by atoms with Gasteiger partial charge < -0.3 is 20.3 Å². The molecule has 6 nitrogen and oxygen atoms in total. The first kappa shape index (κ1) is 16.1. The molecule has 120 valence electrons. The number of hydrogen-bond donors (Lipinski definition) is 1. The van der Waals surface area contributed by atoms with Crippen molar-refractivity contribution in [2.45, 2.75) is 45.1 Å². The molecule has 0 aromatic carbocycles. The maximum atomic E-state index is 12.6. The fraction of sp³-hybridized carbons (Fsp3) is 0.867. The Bertz CT molecular complexity index is 367. The van der Waals surface area contributed by atoms with E-state index in [1.807, 2.05) is 4.90 Å². The third-order valence-corrected chi connectivity index (χ3v) is 4.50. The van der Waals surface area contributed by atoms with Crippen molar-refractivity contribution in [3.05, 3.63) is 0 Å². The molecule has 1 aliphatic heterocycles. The molecule has 2 aliphatic rings. The molecule has 2 fully saturated rings. The maximum absolute atomic E-state index is 12.6. The minimum atomic E-state index is -0.282. The topological polar surface area (TPSA) is 75.9 Å². The third kappa shape index (κ3) is 4.09. The first-order chi connectivity index (χ1) is 10.1. The van der Waals surface area contributed by atoms with Gasteiger partial charge in [-0.05, 0) is 19.8 Å². The van der Waals surface area contributed by atoms with Crippen LogP contribution >= 0.6 is 0 Å². The summed E-state index contributed by atoms with van der Waals surface area (Å²) in [6, 6.07) is -0.0110. The average molecular weight is 297 g/mol. The molecule has 6 heteroatoms. The standard InChI is InChI=1S/C15H27N3O3/c1-2-21-15(20)18-10-8-17(9-11-18)14(19)12-6-4-3-5-7-13(12)16/h12-13H,2-11,16H2,1H3. The fourth-order valence-corrected chi connectivity index (χ4v) is 3.20. The Morgan fingerprint density at radius 2 is 1.67 bits per heavy atom. The largest absolute Gasteiger partial charge is 0.450 e. The maximum Gasteiger partial charge on any atom is 0.409 e. The second-order valence-corrected chi connectivity index (χ2v) is 5.92. The normalized spacial score (nSPS) is 27.1. The van der Waals surface area contributed by atoms with Gasteiger partial charge in [-0.1, -0.05) is 19.3 Å². The van der Waals surface area contributed by atoms with Crippen LogP contribution in [-0.2, 0) is 9.53 Å². The minimum Gasteiger partial charge on any atom is -0.450 e. The molecule has 2 rings (SSSR count). The van der Waals surface area contributed by atoms with Crippen molar-refractivity contribution in [3.63, 3.8) is 0 Å². The van der Waals surface area contributed by atoms with Gasteiger partial charge in [0, 0.05) is 32.2 Å². The molecule has 1 aliphatic carbocycles. The molecule has 1 heterocycles. The van der Waals surface area contributed by atoms with Gasteiger partial charge in [-0.15, -0.1) is 0 Å². The zero-order valence-corrected chi connectivity index (χ0v) is 12.9. The highest BCUT2D eigenvalue weighted by Gasteiger charge is 2.33. The molecule has 2 atom stereocenters. The smallest absolute Gasteiger partial charge is 0.409 e. The molecule has 0 aromatic heterocycles. The SMILES string of the molecule is CCOC(=O)N1CCN(C(=O)C2CCCCCC2N)CC1. The van der Waals surface area contributed by atoms with E-state index in [1.54, 1.807) is 11.8 Å². The van der Waals surface area contributed by atoms with Gasteiger partial charge in [-0.25, -0.2) is 4.79 Å². The molecule has 1 saturated carbocycles. The fourth-order valence-electron chi connectivity index (χ4n) is 3.20. The summed E-state index contributed by atoms with van der Waals surface area (Å²) in [5.74, 6) is 0.134. The summed E-state index contributed by atoms with van der Waals surface area (Å²) < 4.78 is 4.99. The van der Waals surface area contributed by atoms with E-state index < -0.39 is 0 Å². The van der Waals surface area contributed by atoms with E-state index in [4.69, 9.17) is 10.5 Å². The Kier molecular flexibility index (Phi) is 5.85. The van der Waals surface area contributed by atoms with Crippen LogP contribution in [0.15, 0.2) is 0 Å². The van der Waals surface area contributed by atoms with Crippen LogP contribution in [0.5, 0.6) is 0 Å². The monoisotopic (exact) mass is 297 g/mol. The zero-order chi connectivity index (χ0) is 15.2. The Labute approximate surface area is 126 Å². The van der Waals surface area contributed by atoms with E-state index in [0.29, 0.717) is 32.8 Å². The second-order valence-electron chi connectivity index (χ2n) is 5.92. The van der Waals surface area contributed by atoms with Crippen molar-refractivity contribution in [2.24, 2.45) is 11.7 Å². The minimum absolute atomic E-state index is 0.0110. The number of amides is 2. The summed E-state index contributed by atoms with van der Waals surface area (Å²) in [7, 11) is 0. The number of nitrogens with two attached hydrogens (primary N) is 1. The van der Waals surface area contributed by atoms with Crippen LogP contribution in [0, 0.1) is 5.92 Å². The van der Waals surface area contributed by atoms with Crippen LogP contribution in [0.25, 0.3) is 0 Å². The molecule has 2 N–H and O–H groups in total. The first-order valence-electron chi connectivity index (χ1n) is 8.09. The Morgan fingerprint density at radius 1 is 1.05 bits per heavy atom. The number of rotatable bonds is 2. The molecule has 0 bridgehead atoms. The lowest BCUT2D eigenvalue weighted by Gasteiger charge is -2.36.